The topological polar surface area (TPSA) is 20.3 Å². The third kappa shape index (κ3) is 2.65. The molecule has 4 rings (SSSR count). The van der Waals surface area contributed by atoms with Gasteiger partial charge in [-0.3, -0.25) is 4.42 Å². The van der Waals surface area contributed by atoms with Crippen LogP contribution in [0, 0.1) is 0 Å². The van der Waals surface area contributed by atoms with Crippen molar-refractivity contribution in [2.75, 3.05) is 4.42 Å². The van der Waals surface area contributed by atoms with Crippen LogP contribution in [0.3, 0.4) is 0 Å². The minimum Gasteiger partial charge on any atom is -0.301 e. The highest BCUT2D eigenvalue weighted by molar-refractivity contribution is 6.32. The molecule has 0 aliphatic carbocycles. The van der Waals surface area contributed by atoms with Crippen LogP contribution in [0.4, 0.5) is 5.69 Å². The SMILES string of the molecule is O=CC1C(=C(c2ccccc2)c2ccccc2)c2ccccc2N1Cl. The number of hydrogen-bond acceptors (Lipinski definition) is 2. The van der Waals surface area contributed by atoms with Crippen molar-refractivity contribution in [3.8, 4) is 0 Å². The molecular weight excluding hydrogens is 330 g/mol. The van der Waals surface area contributed by atoms with Gasteiger partial charge < -0.3 is 4.79 Å². The van der Waals surface area contributed by atoms with Gasteiger partial charge in [-0.25, -0.2) is 0 Å². The fourth-order valence-electron chi connectivity index (χ4n) is 3.40. The van der Waals surface area contributed by atoms with E-state index in [4.69, 9.17) is 11.8 Å². The number of hydrogen-bond donors (Lipinski definition) is 0. The van der Waals surface area contributed by atoms with Gasteiger partial charge in [0.2, 0.25) is 0 Å². The maximum absolute atomic E-state index is 11.9. The van der Waals surface area contributed by atoms with E-state index in [0.717, 1.165) is 39.8 Å². The Bertz CT molecular complexity index is 893. The van der Waals surface area contributed by atoms with Gasteiger partial charge in [-0.2, -0.15) is 0 Å². The average molecular weight is 346 g/mol. The number of aldehydes is 1. The van der Waals surface area contributed by atoms with Gasteiger partial charge in [-0.15, -0.1) is 0 Å². The summed E-state index contributed by atoms with van der Waals surface area (Å²) in [4.78, 5) is 11.9. The number of carbonyl (C=O) groups excluding carboxylic acids is 1. The average Bonchev–Trinajstić information content (AvgIpc) is 2.96. The normalized spacial score (nSPS) is 15.8. The number of carbonyl (C=O) groups is 1. The molecule has 0 N–H and O–H groups in total. The summed E-state index contributed by atoms with van der Waals surface area (Å²) in [6.45, 7) is 0. The predicted octanol–water partition coefficient (Wildman–Crippen LogP) is 5.19. The molecule has 1 heterocycles. The van der Waals surface area contributed by atoms with Crippen LogP contribution in [-0.2, 0) is 4.79 Å². The quantitative estimate of drug-likeness (QED) is 0.481. The monoisotopic (exact) mass is 345 g/mol. The smallest absolute Gasteiger partial charge is 0.148 e. The van der Waals surface area contributed by atoms with Crippen molar-refractivity contribution < 1.29 is 4.79 Å². The summed E-state index contributed by atoms with van der Waals surface area (Å²) in [7, 11) is 0. The Hall–Kier alpha value is -2.84. The predicted molar refractivity (Wildman–Crippen MR) is 103 cm³/mol. The van der Waals surface area contributed by atoms with Gasteiger partial charge in [0, 0.05) is 22.9 Å². The van der Waals surface area contributed by atoms with Crippen molar-refractivity contribution in [1.82, 2.24) is 0 Å². The van der Waals surface area contributed by atoms with Crippen LogP contribution in [0.1, 0.15) is 16.7 Å². The number of para-hydroxylation sites is 1. The van der Waals surface area contributed by atoms with Crippen molar-refractivity contribution in [2.24, 2.45) is 0 Å². The van der Waals surface area contributed by atoms with E-state index in [0.29, 0.717) is 0 Å². The first-order chi connectivity index (χ1) is 12.3. The fourth-order valence-corrected chi connectivity index (χ4v) is 3.69. The molecule has 1 atom stereocenters. The number of anilines is 1. The number of benzene rings is 3. The molecule has 0 amide bonds. The van der Waals surface area contributed by atoms with Gasteiger partial charge in [0.1, 0.15) is 12.3 Å². The summed E-state index contributed by atoms with van der Waals surface area (Å²) in [6.07, 6.45) is 0.911. The highest BCUT2D eigenvalue weighted by atomic mass is 35.5. The van der Waals surface area contributed by atoms with Crippen LogP contribution in [0.25, 0.3) is 11.1 Å². The Morgan fingerprint density at radius 2 is 1.32 bits per heavy atom. The van der Waals surface area contributed by atoms with Crippen molar-refractivity contribution >= 4 is 34.9 Å². The van der Waals surface area contributed by atoms with Crippen molar-refractivity contribution in [3.05, 3.63) is 102 Å². The van der Waals surface area contributed by atoms with E-state index >= 15 is 0 Å². The Labute approximate surface area is 152 Å². The van der Waals surface area contributed by atoms with Crippen molar-refractivity contribution in [1.29, 1.82) is 0 Å². The zero-order chi connectivity index (χ0) is 17.2. The van der Waals surface area contributed by atoms with Crippen LogP contribution in [0.15, 0.2) is 84.9 Å². The Kier molecular flexibility index (Phi) is 4.12. The highest BCUT2D eigenvalue weighted by Gasteiger charge is 2.35. The lowest BCUT2D eigenvalue weighted by atomic mass is 9.88. The second-order valence-corrected chi connectivity index (χ2v) is 6.29. The third-order valence-corrected chi connectivity index (χ3v) is 4.88. The van der Waals surface area contributed by atoms with Crippen LogP contribution in [0.5, 0.6) is 0 Å². The largest absolute Gasteiger partial charge is 0.301 e. The summed E-state index contributed by atoms with van der Waals surface area (Å²) in [5.74, 6) is 0. The molecular formula is C22H16ClNO. The fraction of sp³-hybridized carbons (Fsp3) is 0.0455. The molecule has 3 aromatic rings. The lowest BCUT2D eigenvalue weighted by Crippen LogP contribution is -2.24. The highest BCUT2D eigenvalue weighted by Crippen LogP contribution is 2.46. The van der Waals surface area contributed by atoms with E-state index in [9.17, 15) is 4.79 Å². The molecule has 0 fully saturated rings. The van der Waals surface area contributed by atoms with Crippen LogP contribution in [0.2, 0.25) is 0 Å². The standard InChI is InChI=1S/C22H16ClNO/c23-24-19-14-8-7-13-18(19)22(20(24)15-25)21(16-9-3-1-4-10-16)17-11-5-2-6-12-17/h1-15,20H. The van der Waals surface area contributed by atoms with E-state index in [-0.39, 0.29) is 0 Å². The van der Waals surface area contributed by atoms with Gasteiger partial charge >= 0.3 is 0 Å². The second-order valence-electron chi connectivity index (χ2n) is 5.93. The number of halogens is 1. The molecule has 2 nitrogen and oxygen atoms in total. The van der Waals surface area contributed by atoms with Crippen molar-refractivity contribution in [3.63, 3.8) is 0 Å². The minimum atomic E-state index is -0.519. The number of rotatable bonds is 3. The minimum absolute atomic E-state index is 0.519. The lowest BCUT2D eigenvalue weighted by Gasteiger charge is -2.18. The molecule has 3 heteroatoms. The summed E-state index contributed by atoms with van der Waals surface area (Å²) < 4.78 is 1.53. The van der Waals surface area contributed by atoms with E-state index < -0.39 is 6.04 Å². The van der Waals surface area contributed by atoms with Crippen LogP contribution in [-0.4, -0.2) is 12.3 Å². The molecule has 122 valence electrons. The third-order valence-electron chi connectivity index (χ3n) is 4.49. The number of nitrogens with zero attached hydrogens (tertiary/aromatic N) is 1. The molecule has 0 saturated heterocycles. The van der Waals surface area contributed by atoms with Gasteiger partial charge in [0.05, 0.1) is 5.69 Å². The molecule has 0 aromatic heterocycles. The van der Waals surface area contributed by atoms with Crippen LogP contribution < -0.4 is 4.42 Å². The Balaban J connectivity index is 2.08. The van der Waals surface area contributed by atoms with Gasteiger partial charge in [0.25, 0.3) is 0 Å². The van der Waals surface area contributed by atoms with Crippen molar-refractivity contribution in [2.45, 2.75) is 6.04 Å². The molecule has 25 heavy (non-hydrogen) atoms. The Morgan fingerprint density at radius 1 is 0.800 bits per heavy atom. The molecule has 0 spiro atoms. The second kappa shape index (κ2) is 6.58. The molecule has 3 aromatic carbocycles. The van der Waals surface area contributed by atoms with E-state index in [1.165, 1.54) is 4.42 Å². The summed E-state index contributed by atoms with van der Waals surface area (Å²) in [6, 6.07) is 27.6. The molecule has 0 radical (unpaired) electrons. The first-order valence-corrected chi connectivity index (χ1v) is 8.50. The molecule has 0 bridgehead atoms. The van der Waals surface area contributed by atoms with E-state index in [2.05, 4.69) is 24.3 Å². The lowest BCUT2D eigenvalue weighted by molar-refractivity contribution is -0.107. The summed E-state index contributed by atoms with van der Waals surface area (Å²) in [5.41, 5.74) is 5.97. The van der Waals surface area contributed by atoms with E-state index in [1.54, 1.807) is 0 Å². The zero-order valence-corrected chi connectivity index (χ0v) is 14.2. The van der Waals surface area contributed by atoms with Gasteiger partial charge in [-0.05, 0) is 22.8 Å². The maximum Gasteiger partial charge on any atom is 0.148 e. The molecule has 0 saturated carbocycles. The van der Waals surface area contributed by atoms with Gasteiger partial charge in [-0.1, -0.05) is 78.9 Å². The zero-order valence-electron chi connectivity index (χ0n) is 13.5. The maximum atomic E-state index is 11.9. The number of fused-ring (bicyclic) bond motifs is 1. The molecule has 1 aliphatic heterocycles. The molecule has 1 unspecified atom stereocenters. The van der Waals surface area contributed by atoms with Gasteiger partial charge in [0.15, 0.2) is 0 Å². The van der Waals surface area contributed by atoms with E-state index in [1.807, 2.05) is 60.7 Å². The molecule has 1 aliphatic rings. The Morgan fingerprint density at radius 3 is 1.88 bits per heavy atom. The first-order valence-electron chi connectivity index (χ1n) is 8.16. The van der Waals surface area contributed by atoms with Crippen LogP contribution >= 0.6 is 11.8 Å². The first kappa shape index (κ1) is 15.7. The summed E-state index contributed by atoms with van der Waals surface area (Å²) >= 11 is 6.49. The summed E-state index contributed by atoms with van der Waals surface area (Å²) in [5, 5.41) is 0.